The number of methoxy groups -OCH3 is 1. The van der Waals surface area contributed by atoms with Gasteiger partial charge in [0.15, 0.2) is 0 Å². The van der Waals surface area contributed by atoms with Gasteiger partial charge in [-0.15, -0.1) is 0 Å². The molecule has 0 fully saturated rings. The Morgan fingerprint density at radius 1 is 1.39 bits per heavy atom. The van der Waals surface area contributed by atoms with E-state index in [4.69, 9.17) is 11.6 Å². The first-order valence-electron chi connectivity index (χ1n) is 5.14. The molecule has 0 heterocycles. The van der Waals surface area contributed by atoms with Gasteiger partial charge in [-0.3, -0.25) is 4.79 Å². The number of carbonyl (C=O) groups excluding carboxylic acids is 2. The van der Waals surface area contributed by atoms with E-state index < -0.39 is 11.5 Å². The SMILES string of the molecule is COC(=O)C(C)(C)NC(=O)c1ccc(I)c(Cl)c1. The minimum atomic E-state index is -1.08. The second-order valence-corrected chi connectivity index (χ2v) is 5.77. The summed E-state index contributed by atoms with van der Waals surface area (Å²) in [7, 11) is 1.28. The van der Waals surface area contributed by atoms with Gasteiger partial charge in [-0.1, -0.05) is 11.6 Å². The van der Waals surface area contributed by atoms with Crippen LogP contribution in [0.25, 0.3) is 0 Å². The molecule has 1 rings (SSSR count). The van der Waals surface area contributed by atoms with Gasteiger partial charge in [0.2, 0.25) is 0 Å². The summed E-state index contributed by atoms with van der Waals surface area (Å²) < 4.78 is 5.47. The fourth-order valence-electron chi connectivity index (χ4n) is 1.30. The molecule has 1 amide bonds. The molecule has 0 radical (unpaired) electrons. The quantitative estimate of drug-likeness (QED) is 0.647. The topological polar surface area (TPSA) is 55.4 Å². The maximum absolute atomic E-state index is 12.0. The van der Waals surface area contributed by atoms with Crippen LogP contribution in [0.15, 0.2) is 18.2 Å². The first-order chi connectivity index (χ1) is 8.27. The Balaban J connectivity index is 2.89. The van der Waals surface area contributed by atoms with Gasteiger partial charge >= 0.3 is 5.97 Å². The lowest BCUT2D eigenvalue weighted by Gasteiger charge is -2.23. The molecule has 4 nitrogen and oxygen atoms in total. The second-order valence-electron chi connectivity index (χ2n) is 4.20. The summed E-state index contributed by atoms with van der Waals surface area (Å²) in [5, 5.41) is 3.09. The van der Waals surface area contributed by atoms with Crippen molar-refractivity contribution in [2.75, 3.05) is 7.11 Å². The molecule has 0 aromatic heterocycles. The summed E-state index contributed by atoms with van der Waals surface area (Å²) in [4.78, 5) is 23.4. The van der Waals surface area contributed by atoms with Crippen LogP contribution >= 0.6 is 34.2 Å². The third kappa shape index (κ3) is 3.58. The number of ether oxygens (including phenoxy) is 1. The van der Waals surface area contributed by atoms with Crippen molar-refractivity contribution in [3.63, 3.8) is 0 Å². The molecule has 18 heavy (non-hydrogen) atoms. The standard InChI is InChI=1S/C12H13ClINO3/c1-12(2,11(17)18-3)15-10(16)7-4-5-9(14)8(13)6-7/h4-6H,1-3H3,(H,15,16). The smallest absolute Gasteiger partial charge is 0.330 e. The number of hydrogen-bond donors (Lipinski definition) is 1. The van der Waals surface area contributed by atoms with Crippen molar-refractivity contribution in [3.05, 3.63) is 32.4 Å². The number of amides is 1. The minimum Gasteiger partial charge on any atom is -0.467 e. The Kier molecular flexibility index (Phi) is 4.98. The van der Waals surface area contributed by atoms with Gasteiger partial charge in [0.05, 0.1) is 12.1 Å². The third-order valence-corrected chi connectivity index (χ3v) is 3.88. The first kappa shape index (κ1) is 15.2. The number of halogens is 2. The fraction of sp³-hybridized carbons (Fsp3) is 0.333. The normalized spacial score (nSPS) is 10.9. The van der Waals surface area contributed by atoms with Crippen LogP contribution in [0.5, 0.6) is 0 Å². The molecule has 0 spiro atoms. The summed E-state index contributed by atoms with van der Waals surface area (Å²) in [6, 6.07) is 4.95. The highest BCUT2D eigenvalue weighted by molar-refractivity contribution is 14.1. The predicted octanol–water partition coefficient (Wildman–Crippen LogP) is 2.63. The van der Waals surface area contributed by atoms with Crippen LogP contribution in [0.2, 0.25) is 5.02 Å². The van der Waals surface area contributed by atoms with Gasteiger partial charge in [-0.25, -0.2) is 4.79 Å². The van der Waals surface area contributed by atoms with E-state index in [9.17, 15) is 9.59 Å². The van der Waals surface area contributed by atoms with Crippen molar-refractivity contribution in [1.82, 2.24) is 5.32 Å². The Hall–Kier alpha value is -0.820. The lowest BCUT2D eigenvalue weighted by Crippen LogP contribution is -2.50. The summed E-state index contributed by atoms with van der Waals surface area (Å²) in [5.41, 5.74) is -0.682. The van der Waals surface area contributed by atoms with Gasteiger partial charge < -0.3 is 10.1 Å². The average molecular weight is 382 g/mol. The molecule has 98 valence electrons. The Morgan fingerprint density at radius 3 is 2.50 bits per heavy atom. The number of benzene rings is 1. The summed E-state index contributed by atoms with van der Waals surface area (Å²) >= 11 is 8.01. The minimum absolute atomic E-state index is 0.372. The molecule has 0 saturated heterocycles. The maximum atomic E-state index is 12.0. The second kappa shape index (κ2) is 5.88. The highest BCUT2D eigenvalue weighted by atomic mass is 127. The predicted molar refractivity (Wildman–Crippen MR) is 77.7 cm³/mol. The highest BCUT2D eigenvalue weighted by Crippen LogP contribution is 2.20. The van der Waals surface area contributed by atoms with Crippen molar-refractivity contribution in [3.8, 4) is 0 Å². The molecule has 6 heteroatoms. The fourth-order valence-corrected chi connectivity index (χ4v) is 1.82. The monoisotopic (exact) mass is 381 g/mol. The van der Waals surface area contributed by atoms with Gasteiger partial charge in [-0.05, 0) is 54.6 Å². The van der Waals surface area contributed by atoms with E-state index in [2.05, 4.69) is 32.6 Å². The summed E-state index contributed by atoms with van der Waals surface area (Å²) in [6.07, 6.45) is 0. The van der Waals surface area contributed by atoms with Crippen LogP contribution < -0.4 is 5.32 Å². The van der Waals surface area contributed by atoms with Crippen molar-refractivity contribution < 1.29 is 14.3 Å². The van der Waals surface area contributed by atoms with Gasteiger partial charge in [-0.2, -0.15) is 0 Å². The zero-order chi connectivity index (χ0) is 13.9. The molecule has 0 atom stereocenters. The number of esters is 1. The molecule has 0 saturated carbocycles. The summed E-state index contributed by atoms with van der Waals surface area (Å²) in [5.74, 6) is -0.879. The van der Waals surface area contributed by atoms with Crippen LogP contribution in [-0.4, -0.2) is 24.5 Å². The number of nitrogens with one attached hydrogen (secondary N) is 1. The molecular weight excluding hydrogens is 368 g/mol. The van der Waals surface area contributed by atoms with Crippen LogP contribution in [0, 0.1) is 3.57 Å². The van der Waals surface area contributed by atoms with Gasteiger partial charge in [0.1, 0.15) is 5.54 Å². The lowest BCUT2D eigenvalue weighted by atomic mass is 10.1. The van der Waals surface area contributed by atoms with E-state index in [1.807, 2.05) is 0 Å². The molecular formula is C12H13ClINO3. The third-order valence-electron chi connectivity index (χ3n) is 2.30. The molecule has 0 bridgehead atoms. The molecule has 0 aliphatic rings. The van der Waals surface area contributed by atoms with Crippen molar-refractivity contribution in [2.45, 2.75) is 19.4 Å². The number of hydrogen-bond acceptors (Lipinski definition) is 3. The molecule has 0 aliphatic heterocycles. The van der Waals surface area contributed by atoms with E-state index in [0.717, 1.165) is 3.57 Å². The highest BCUT2D eigenvalue weighted by Gasteiger charge is 2.30. The van der Waals surface area contributed by atoms with E-state index in [0.29, 0.717) is 10.6 Å². The number of carbonyl (C=O) groups is 2. The first-order valence-corrected chi connectivity index (χ1v) is 6.59. The summed E-state index contributed by atoms with van der Waals surface area (Å²) in [6.45, 7) is 3.15. The molecule has 1 aromatic rings. The van der Waals surface area contributed by atoms with E-state index in [1.165, 1.54) is 7.11 Å². The zero-order valence-corrected chi connectivity index (χ0v) is 13.1. The van der Waals surface area contributed by atoms with Crippen molar-refractivity contribution >= 4 is 46.1 Å². The molecule has 1 aromatic carbocycles. The zero-order valence-electron chi connectivity index (χ0n) is 10.2. The molecule has 0 unspecified atom stereocenters. The number of rotatable bonds is 3. The van der Waals surface area contributed by atoms with Crippen molar-refractivity contribution in [1.29, 1.82) is 0 Å². The Labute approximate surface area is 124 Å². The largest absolute Gasteiger partial charge is 0.467 e. The molecule has 0 aliphatic carbocycles. The van der Waals surface area contributed by atoms with E-state index in [1.54, 1.807) is 32.0 Å². The van der Waals surface area contributed by atoms with Crippen LogP contribution in [-0.2, 0) is 9.53 Å². The van der Waals surface area contributed by atoms with Crippen LogP contribution in [0.3, 0.4) is 0 Å². The van der Waals surface area contributed by atoms with Crippen LogP contribution in [0.1, 0.15) is 24.2 Å². The Bertz CT molecular complexity index is 488. The van der Waals surface area contributed by atoms with E-state index in [-0.39, 0.29) is 5.91 Å². The van der Waals surface area contributed by atoms with Crippen LogP contribution in [0.4, 0.5) is 0 Å². The van der Waals surface area contributed by atoms with Crippen molar-refractivity contribution in [2.24, 2.45) is 0 Å². The average Bonchev–Trinajstić information content (AvgIpc) is 2.30. The molecule has 1 N–H and O–H groups in total. The lowest BCUT2D eigenvalue weighted by molar-refractivity contribution is -0.146. The van der Waals surface area contributed by atoms with E-state index >= 15 is 0 Å². The van der Waals surface area contributed by atoms with Gasteiger partial charge in [0.25, 0.3) is 5.91 Å². The Morgan fingerprint density at radius 2 is 2.00 bits per heavy atom. The maximum Gasteiger partial charge on any atom is 0.330 e. The van der Waals surface area contributed by atoms with Gasteiger partial charge in [0, 0.05) is 9.13 Å².